The van der Waals surface area contributed by atoms with E-state index in [4.69, 9.17) is 0 Å². The van der Waals surface area contributed by atoms with E-state index in [1.807, 2.05) is 19.5 Å². The van der Waals surface area contributed by atoms with Gasteiger partial charge in [0.25, 0.3) is 5.56 Å². The molecule has 78 valence electrons. The second-order valence-electron chi connectivity index (χ2n) is 3.27. The SMILES string of the molecule is CN(C)C=Nc1nc2cscc2c(=O)[nH]1. The Labute approximate surface area is 90.1 Å². The zero-order chi connectivity index (χ0) is 10.8. The molecular weight excluding hydrogens is 212 g/mol. The minimum absolute atomic E-state index is 0.146. The van der Waals surface area contributed by atoms with Crippen molar-refractivity contribution in [3.8, 4) is 0 Å². The van der Waals surface area contributed by atoms with Crippen LogP contribution in [0.3, 0.4) is 0 Å². The number of thiophene rings is 1. The van der Waals surface area contributed by atoms with Crippen molar-refractivity contribution in [2.45, 2.75) is 0 Å². The summed E-state index contributed by atoms with van der Waals surface area (Å²) in [6.45, 7) is 0. The first-order chi connectivity index (χ1) is 7.16. The monoisotopic (exact) mass is 222 g/mol. The van der Waals surface area contributed by atoms with Gasteiger partial charge in [0.15, 0.2) is 0 Å². The number of aromatic amines is 1. The van der Waals surface area contributed by atoms with Crippen molar-refractivity contribution in [3.05, 3.63) is 21.1 Å². The predicted octanol–water partition coefficient (Wildman–Crippen LogP) is 1.21. The topological polar surface area (TPSA) is 61.4 Å². The van der Waals surface area contributed by atoms with Crippen molar-refractivity contribution in [2.75, 3.05) is 14.1 Å². The van der Waals surface area contributed by atoms with Crippen LogP contribution >= 0.6 is 11.3 Å². The molecule has 2 rings (SSSR count). The third kappa shape index (κ3) is 2.04. The lowest BCUT2D eigenvalue weighted by Crippen LogP contribution is -2.09. The molecule has 5 nitrogen and oxygen atoms in total. The first kappa shape index (κ1) is 9.85. The second-order valence-corrected chi connectivity index (χ2v) is 4.01. The van der Waals surface area contributed by atoms with Crippen LogP contribution in [-0.4, -0.2) is 35.3 Å². The zero-order valence-corrected chi connectivity index (χ0v) is 9.21. The van der Waals surface area contributed by atoms with Gasteiger partial charge in [-0.25, -0.2) is 9.98 Å². The summed E-state index contributed by atoms with van der Waals surface area (Å²) in [4.78, 5) is 24.1. The highest BCUT2D eigenvalue weighted by Gasteiger charge is 2.02. The zero-order valence-electron chi connectivity index (χ0n) is 8.39. The maximum absolute atomic E-state index is 11.5. The highest BCUT2D eigenvalue weighted by atomic mass is 32.1. The smallest absolute Gasteiger partial charge is 0.261 e. The summed E-state index contributed by atoms with van der Waals surface area (Å²) in [5.41, 5.74) is 0.543. The van der Waals surface area contributed by atoms with Gasteiger partial charge in [-0.2, -0.15) is 0 Å². The van der Waals surface area contributed by atoms with Gasteiger partial charge in [0.05, 0.1) is 17.2 Å². The Hall–Kier alpha value is -1.69. The standard InChI is InChI=1S/C9H10N4OS/c1-13(2)5-10-9-11-7-4-15-3-6(7)8(14)12-9/h3-5H,1-2H3,(H,11,12,14). The minimum Gasteiger partial charge on any atom is -0.369 e. The fraction of sp³-hybridized carbons (Fsp3) is 0.222. The van der Waals surface area contributed by atoms with Gasteiger partial charge in [-0.05, 0) is 0 Å². The van der Waals surface area contributed by atoms with Crippen LogP contribution in [0.4, 0.5) is 5.95 Å². The van der Waals surface area contributed by atoms with Crippen molar-refractivity contribution in [1.29, 1.82) is 0 Å². The predicted molar refractivity (Wildman–Crippen MR) is 62.1 cm³/mol. The summed E-state index contributed by atoms with van der Waals surface area (Å²) < 4.78 is 0. The molecule has 0 aliphatic heterocycles. The van der Waals surface area contributed by atoms with Crippen molar-refractivity contribution >= 4 is 34.5 Å². The molecule has 0 saturated carbocycles. The van der Waals surface area contributed by atoms with Gasteiger partial charge < -0.3 is 4.90 Å². The molecular formula is C9H10N4OS. The molecule has 2 aromatic heterocycles. The third-order valence-corrected chi connectivity index (χ3v) is 2.48. The number of nitrogens with one attached hydrogen (secondary N) is 1. The van der Waals surface area contributed by atoms with Gasteiger partial charge >= 0.3 is 0 Å². The quantitative estimate of drug-likeness (QED) is 0.613. The van der Waals surface area contributed by atoms with Gasteiger partial charge in [-0.1, -0.05) is 0 Å². The van der Waals surface area contributed by atoms with Crippen molar-refractivity contribution in [2.24, 2.45) is 4.99 Å². The maximum Gasteiger partial charge on any atom is 0.261 e. The molecule has 0 aliphatic carbocycles. The van der Waals surface area contributed by atoms with Crippen molar-refractivity contribution in [1.82, 2.24) is 14.9 Å². The first-order valence-electron chi connectivity index (χ1n) is 4.33. The van der Waals surface area contributed by atoms with Crippen LogP contribution in [0.1, 0.15) is 0 Å². The second kappa shape index (κ2) is 3.82. The van der Waals surface area contributed by atoms with Crippen LogP contribution in [0.15, 0.2) is 20.5 Å². The summed E-state index contributed by atoms with van der Waals surface area (Å²) in [5, 5.41) is 4.23. The summed E-state index contributed by atoms with van der Waals surface area (Å²) in [5.74, 6) is 0.333. The highest BCUT2D eigenvalue weighted by Crippen LogP contribution is 2.14. The number of hydrogen-bond donors (Lipinski definition) is 1. The number of nitrogens with zero attached hydrogens (tertiary/aromatic N) is 3. The number of hydrogen-bond acceptors (Lipinski definition) is 4. The number of fused-ring (bicyclic) bond motifs is 1. The van der Waals surface area contributed by atoms with E-state index >= 15 is 0 Å². The molecule has 0 amide bonds. The van der Waals surface area contributed by atoms with E-state index < -0.39 is 0 Å². The molecule has 0 fully saturated rings. The Morgan fingerprint density at radius 1 is 1.53 bits per heavy atom. The summed E-state index contributed by atoms with van der Waals surface area (Å²) >= 11 is 1.46. The molecule has 6 heteroatoms. The number of H-pyrrole nitrogens is 1. The van der Waals surface area contributed by atoms with E-state index in [0.717, 1.165) is 0 Å². The minimum atomic E-state index is -0.146. The van der Waals surface area contributed by atoms with E-state index in [0.29, 0.717) is 16.9 Å². The van der Waals surface area contributed by atoms with E-state index in [1.54, 1.807) is 16.6 Å². The normalized spacial score (nSPS) is 11.3. The summed E-state index contributed by atoms with van der Waals surface area (Å²) in [7, 11) is 3.70. The van der Waals surface area contributed by atoms with Crippen LogP contribution in [0.5, 0.6) is 0 Å². The fourth-order valence-corrected chi connectivity index (χ4v) is 1.83. The molecule has 0 bridgehead atoms. The van der Waals surface area contributed by atoms with E-state index in [2.05, 4.69) is 15.0 Å². The molecule has 0 aromatic carbocycles. The van der Waals surface area contributed by atoms with E-state index in [9.17, 15) is 4.79 Å². The van der Waals surface area contributed by atoms with Gasteiger partial charge in [-0.15, -0.1) is 11.3 Å². The van der Waals surface area contributed by atoms with Crippen molar-refractivity contribution < 1.29 is 0 Å². The lowest BCUT2D eigenvalue weighted by molar-refractivity contribution is 0.642. The molecule has 0 saturated heterocycles. The first-order valence-corrected chi connectivity index (χ1v) is 5.28. The van der Waals surface area contributed by atoms with Gasteiger partial charge in [0.2, 0.25) is 5.95 Å². The molecule has 0 spiro atoms. The van der Waals surface area contributed by atoms with E-state index in [1.165, 1.54) is 11.3 Å². The summed E-state index contributed by atoms with van der Waals surface area (Å²) in [6, 6.07) is 0. The van der Waals surface area contributed by atoms with E-state index in [-0.39, 0.29) is 5.56 Å². The van der Waals surface area contributed by atoms with Crippen molar-refractivity contribution in [3.63, 3.8) is 0 Å². The Balaban J connectivity index is 2.50. The van der Waals surface area contributed by atoms with Crippen LogP contribution in [-0.2, 0) is 0 Å². The van der Waals surface area contributed by atoms with Gasteiger partial charge in [-0.3, -0.25) is 9.78 Å². The van der Waals surface area contributed by atoms with Gasteiger partial charge in [0, 0.05) is 24.9 Å². The average molecular weight is 222 g/mol. The number of rotatable bonds is 2. The number of aliphatic imine (C=N–C) groups is 1. The van der Waals surface area contributed by atoms with Crippen LogP contribution < -0.4 is 5.56 Å². The average Bonchev–Trinajstić information content (AvgIpc) is 2.63. The fourth-order valence-electron chi connectivity index (χ4n) is 1.09. The molecule has 0 aliphatic rings. The van der Waals surface area contributed by atoms with Crippen LogP contribution in [0.2, 0.25) is 0 Å². The summed E-state index contributed by atoms with van der Waals surface area (Å²) in [6.07, 6.45) is 1.59. The lowest BCUT2D eigenvalue weighted by Gasteiger charge is -2.01. The number of aromatic nitrogens is 2. The van der Waals surface area contributed by atoms with Crippen LogP contribution in [0.25, 0.3) is 10.9 Å². The Morgan fingerprint density at radius 3 is 3.07 bits per heavy atom. The Kier molecular flexibility index (Phi) is 2.51. The molecule has 1 N–H and O–H groups in total. The molecule has 15 heavy (non-hydrogen) atoms. The molecule has 2 aromatic rings. The molecule has 0 atom stereocenters. The molecule has 0 unspecified atom stereocenters. The highest BCUT2D eigenvalue weighted by molar-refractivity contribution is 7.09. The lowest BCUT2D eigenvalue weighted by atomic mass is 10.4. The Morgan fingerprint density at radius 2 is 2.33 bits per heavy atom. The van der Waals surface area contributed by atoms with Crippen LogP contribution in [0, 0.1) is 0 Å². The Bertz CT molecular complexity index is 554. The maximum atomic E-state index is 11.5. The molecule has 2 heterocycles. The third-order valence-electron chi connectivity index (χ3n) is 1.75. The molecule has 0 radical (unpaired) electrons. The largest absolute Gasteiger partial charge is 0.369 e. The van der Waals surface area contributed by atoms with Gasteiger partial charge in [0.1, 0.15) is 0 Å².